The molecule has 174 valence electrons. The molecule has 2 amide bonds. The van der Waals surface area contributed by atoms with Crippen molar-refractivity contribution in [3.63, 3.8) is 0 Å². The summed E-state index contributed by atoms with van der Waals surface area (Å²) in [6.07, 6.45) is 0. The molecule has 0 radical (unpaired) electrons. The van der Waals surface area contributed by atoms with Crippen LogP contribution in [-0.4, -0.2) is 36.9 Å². The van der Waals surface area contributed by atoms with Crippen LogP contribution >= 0.6 is 11.6 Å². The van der Waals surface area contributed by atoms with Gasteiger partial charge in [-0.15, -0.1) is 0 Å². The molecule has 0 aromatic heterocycles. The lowest BCUT2D eigenvalue weighted by molar-refractivity contribution is -0.119. The number of carbonyl (C=O) groups is 2. The van der Waals surface area contributed by atoms with Crippen LogP contribution in [0.1, 0.15) is 23.6 Å². The van der Waals surface area contributed by atoms with Gasteiger partial charge in [-0.1, -0.05) is 60.1 Å². The molecule has 7 heteroatoms. The molecule has 6 nitrogen and oxygen atoms in total. The summed E-state index contributed by atoms with van der Waals surface area (Å²) < 4.78 is 0. The molecule has 0 saturated carbocycles. The molecule has 0 aliphatic carbocycles. The molecule has 3 aromatic carbocycles. The fourth-order valence-electron chi connectivity index (χ4n) is 3.93. The Morgan fingerprint density at radius 1 is 1.03 bits per heavy atom. The first-order valence-corrected chi connectivity index (χ1v) is 11.5. The molecule has 0 spiro atoms. The van der Waals surface area contributed by atoms with Gasteiger partial charge in [0.15, 0.2) is 0 Å². The lowest BCUT2D eigenvalue weighted by atomic mass is 10.00. The van der Waals surface area contributed by atoms with Crippen molar-refractivity contribution in [3.05, 3.63) is 94.5 Å². The Kier molecular flexibility index (Phi) is 7.30. The minimum Gasteiger partial charge on any atom is -0.355 e. The van der Waals surface area contributed by atoms with Crippen molar-refractivity contribution < 1.29 is 9.59 Å². The molecule has 34 heavy (non-hydrogen) atoms. The third kappa shape index (κ3) is 5.65. The molecule has 1 aliphatic rings. The van der Waals surface area contributed by atoms with E-state index in [0.29, 0.717) is 22.8 Å². The van der Waals surface area contributed by atoms with Gasteiger partial charge in [0.05, 0.1) is 17.0 Å². The van der Waals surface area contributed by atoms with Crippen molar-refractivity contribution >= 4 is 46.1 Å². The zero-order chi connectivity index (χ0) is 24.1. The van der Waals surface area contributed by atoms with E-state index in [-0.39, 0.29) is 11.8 Å². The molecule has 3 N–H and O–H groups in total. The monoisotopic (exact) mass is 474 g/mol. The van der Waals surface area contributed by atoms with Crippen molar-refractivity contribution in [2.24, 2.45) is 0 Å². The number of fused-ring (bicyclic) bond motifs is 1. The number of nitrogens with one attached hydrogen (secondary N) is 3. The summed E-state index contributed by atoms with van der Waals surface area (Å²) in [7, 11) is 2.02. The van der Waals surface area contributed by atoms with E-state index < -0.39 is 0 Å². The highest BCUT2D eigenvalue weighted by Gasteiger charge is 2.28. The van der Waals surface area contributed by atoms with E-state index in [1.807, 2.05) is 55.6 Å². The molecular weight excluding hydrogens is 448 g/mol. The first-order chi connectivity index (χ1) is 16.4. The van der Waals surface area contributed by atoms with Crippen molar-refractivity contribution in [2.75, 3.05) is 30.8 Å². The van der Waals surface area contributed by atoms with Crippen LogP contribution in [0, 0.1) is 0 Å². The second kappa shape index (κ2) is 10.5. The number of carbonyl (C=O) groups excluding carboxylic acids is 2. The average molecular weight is 475 g/mol. The Labute approximate surface area is 204 Å². The first-order valence-electron chi connectivity index (χ1n) is 11.1. The largest absolute Gasteiger partial charge is 0.355 e. The normalized spacial score (nSPS) is 13.9. The zero-order valence-corrected chi connectivity index (χ0v) is 19.9. The molecule has 1 heterocycles. The van der Waals surface area contributed by atoms with Gasteiger partial charge in [-0.3, -0.25) is 9.59 Å². The molecule has 0 unspecified atom stereocenters. The van der Waals surface area contributed by atoms with Crippen LogP contribution in [0.2, 0.25) is 5.02 Å². The minimum atomic E-state index is -0.166. The highest BCUT2D eigenvalue weighted by atomic mass is 35.5. The predicted octanol–water partition coefficient (Wildman–Crippen LogP) is 4.84. The summed E-state index contributed by atoms with van der Waals surface area (Å²) in [5.41, 5.74) is 5.80. The van der Waals surface area contributed by atoms with Gasteiger partial charge < -0.3 is 20.9 Å². The van der Waals surface area contributed by atoms with Crippen LogP contribution in [0.25, 0.3) is 11.3 Å². The van der Waals surface area contributed by atoms with Crippen LogP contribution in [0.15, 0.2) is 72.8 Å². The van der Waals surface area contributed by atoms with Gasteiger partial charge in [0.2, 0.25) is 5.91 Å². The number of nitrogens with zero attached hydrogens (tertiary/aromatic N) is 1. The number of hydrogen-bond acceptors (Lipinski definition) is 4. The maximum Gasteiger partial charge on any atom is 0.258 e. The fraction of sp³-hybridized carbons (Fsp3) is 0.185. The van der Waals surface area contributed by atoms with Gasteiger partial charge >= 0.3 is 0 Å². The second-order valence-electron chi connectivity index (χ2n) is 8.30. The quantitative estimate of drug-likeness (QED) is 0.408. The molecule has 1 aliphatic heterocycles. The predicted molar refractivity (Wildman–Crippen MR) is 138 cm³/mol. The third-order valence-corrected chi connectivity index (χ3v) is 5.82. The maximum atomic E-state index is 13.0. The number of hydrogen-bond donors (Lipinski definition) is 3. The lowest BCUT2D eigenvalue weighted by Crippen LogP contribution is -2.31. The molecule has 0 atom stereocenters. The summed E-state index contributed by atoms with van der Waals surface area (Å²) in [6.45, 7) is 3.67. The van der Waals surface area contributed by atoms with Gasteiger partial charge in [-0.05, 0) is 42.4 Å². The van der Waals surface area contributed by atoms with Gasteiger partial charge in [0, 0.05) is 42.8 Å². The van der Waals surface area contributed by atoms with Crippen molar-refractivity contribution in [1.29, 1.82) is 0 Å². The number of anilines is 2. The number of halogens is 1. The van der Waals surface area contributed by atoms with Crippen LogP contribution in [-0.2, 0) is 16.1 Å². The Hall–Kier alpha value is -3.61. The van der Waals surface area contributed by atoms with Gasteiger partial charge in [0.25, 0.3) is 5.91 Å². The molecule has 4 rings (SSSR count). The SMILES string of the molecule is CC(=O)NCCN(C)Cc1ccc(N/C(=C2\C(=O)Nc3cc(Cl)ccc32)c2ccccc2)cc1. The van der Waals surface area contributed by atoms with Gasteiger partial charge in [0.1, 0.15) is 0 Å². The Balaban J connectivity index is 1.58. The molecule has 0 fully saturated rings. The number of amides is 2. The summed E-state index contributed by atoms with van der Waals surface area (Å²) in [5.74, 6) is -0.185. The van der Waals surface area contributed by atoms with Crippen LogP contribution in [0.4, 0.5) is 11.4 Å². The topological polar surface area (TPSA) is 73.5 Å². The first kappa shape index (κ1) is 23.5. The Morgan fingerprint density at radius 2 is 1.76 bits per heavy atom. The summed E-state index contributed by atoms with van der Waals surface area (Å²) >= 11 is 6.13. The molecule has 3 aromatic rings. The van der Waals surface area contributed by atoms with E-state index in [0.717, 1.165) is 41.2 Å². The number of rotatable bonds is 8. The van der Waals surface area contributed by atoms with E-state index >= 15 is 0 Å². The number of likely N-dealkylation sites (N-methyl/N-ethyl adjacent to an activating group) is 1. The highest BCUT2D eigenvalue weighted by molar-refractivity contribution is 6.38. The highest BCUT2D eigenvalue weighted by Crippen LogP contribution is 2.38. The lowest BCUT2D eigenvalue weighted by Gasteiger charge is -2.18. The van der Waals surface area contributed by atoms with Crippen molar-refractivity contribution in [2.45, 2.75) is 13.5 Å². The minimum absolute atomic E-state index is 0.0196. The van der Waals surface area contributed by atoms with Crippen LogP contribution in [0.5, 0.6) is 0 Å². The van der Waals surface area contributed by atoms with E-state index in [1.54, 1.807) is 12.1 Å². The molecular formula is C27H27ClN4O2. The molecule has 0 saturated heterocycles. The molecule has 0 bridgehead atoms. The van der Waals surface area contributed by atoms with E-state index in [2.05, 4.69) is 33.0 Å². The smallest absolute Gasteiger partial charge is 0.258 e. The average Bonchev–Trinajstić information content (AvgIpc) is 3.13. The standard InChI is InChI=1S/C27H27ClN4O2/c1-18(33)29-14-15-32(2)17-19-8-11-22(12-9-19)30-26(20-6-4-3-5-7-20)25-23-13-10-21(28)16-24(23)31-27(25)34/h3-13,16,30H,14-15,17H2,1-2H3,(H,29,33)(H,31,34)/b26-25-. The third-order valence-electron chi connectivity index (χ3n) is 5.58. The van der Waals surface area contributed by atoms with E-state index in [1.165, 1.54) is 6.92 Å². The van der Waals surface area contributed by atoms with Crippen LogP contribution < -0.4 is 16.0 Å². The Morgan fingerprint density at radius 3 is 2.47 bits per heavy atom. The summed E-state index contributed by atoms with van der Waals surface area (Å²) in [6, 6.07) is 23.4. The second-order valence-corrected chi connectivity index (χ2v) is 8.74. The van der Waals surface area contributed by atoms with Crippen molar-refractivity contribution in [1.82, 2.24) is 10.2 Å². The van der Waals surface area contributed by atoms with Crippen molar-refractivity contribution in [3.8, 4) is 0 Å². The van der Waals surface area contributed by atoms with Crippen LogP contribution in [0.3, 0.4) is 0 Å². The van der Waals surface area contributed by atoms with Gasteiger partial charge in [-0.2, -0.15) is 0 Å². The summed E-state index contributed by atoms with van der Waals surface area (Å²) in [5, 5.41) is 9.79. The fourth-order valence-corrected chi connectivity index (χ4v) is 4.10. The summed E-state index contributed by atoms with van der Waals surface area (Å²) in [4.78, 5) is 26.2. The van der Waals surface area contributed by atoms with E-state index in [4.69, 9.17) is 11.6 Å². The van der Waals surface area contributed by atoms with E-state index in [9.17, 15) is 9.59 Å². The maximum absolute atomic E-state index is 13.0. The number of benzene rings is 3. The Bertz CT molecular complexity index is 1220. The van der Waals surface area contributed by atoms with Gasteiger partial charge in [-0.25, -0.2) is 0 Å². The zero-order valence-electron chi connectivity index (χ0n) is 19.2.